The first-order valence-electron chi connectivity index (χ1n) is 13.7. The van der Waals surface area contributed by atoms with Crippen LogP contribution >= 0.6 is 0 Å². The second kappa shape index (κ2) is 15.6. The van der Waals surface area contributed by atoms with Gasteiger partial charge in [0, 0.05) is 25.3 Å². The zero-order valence-corrected chi connectivity index (χ0v) is 23.4. The molecule has 4 N–H and O–H groups in total. The standard InChI is InChI=1S/C14H22N2O.C9H13NO.C9H10O/c1-15-11-14(17)12-5-7-13(8-6-12)16-9-3-2-4-10-16;1-7-3-5-8(6-4-7)9(11)10-2;1-7-2-4-8(5-3-7)9-6-10-9/h5-8,14-15,17H,2-4,9-11H2,1H3;3-6,9-11H,1-2H3;2-5,9H,6H2,1H3. The highest BCUT2D eigenvalue weighted by Gasteiger charge is 2.23. The lowest BCUT2D eigenvalue weighted by Gasteiger charge is -2.29. The Kier molecular flexibility index (Phi) is 12.3. The van der Waals surface area contributed by atoms with Crippen LogP contribution in [0.4, 0.5) is 5.69 Å². The van der Waals surface area contributed by atoms with Gasteiger partial charge in [0.05, 0.1) is 12.7 Å². The Morgan fingerprint density at radius 1 is 0.789 bits per heavy atom. The monoisotopic (exact) mass is 519 g/mol. The van der Waals surface area contributed by atoms with E-state index in [1.165, 1.54) is 54.7 Å². The third kappa shape index (κ3) is 9.86. The molecule has 2 saturated heterocycles. The van der Waals surface area contributed by atoms with Crippen molar-refractivity contribution < 1.29 is 14.9 Å². The van der Waals surface area contributed by atoms with Gasteiger partial charge in [-0.05, 0) is 76.0 Å². The quantitative estimate of drug-likeness (QED) is 0.254. The van der Waals surface area contributed by atoms with Gasteiger partial charge >= 0.3 is 0 Å². The third-order valence-electron chi connectivity index (χ3n) is 6.85. The van der Waals surface area contributed by atoms with Crippen molar-refractivity contribution in [2.45, 2.75) is 51.5 Å². The lowest BCUT2D eigenvalue weighted by molar-refractivity contribution is 0.149. The first kappa shape index (κ1) is 29.8. The van der Waals surface area contributed by atoms with Crippen molar-refractivity contribution in [3.63, 3.8) is 0 Å². The van der Waals surface area contributed by atoms with E-state index in [4.69, 9.17) is 4.74 Å². The predicted molar refractivity (Wildman–Crippen MR) is 156 cm³/mol. The lowest BCUT2D eigenvalue weighted by atomic mass is 10.1. The molecule has 5 rings (SSSR count). The zero-order chi connectivity index (χ0) is 27.3. The van der Waals surface area contributed by atoms with Crippen molar-refractivity contribution in [1.29, 1.82) is 0 Å². The molecule has 0 spiro atoms. The average Bonchev–Trinajstić information content (AvgIpc) is 3.81. The van der Waals surface area contributed by atoms with Crippen LogP contribution in [0.25, 0.3) is 0 Å². The van der Waals surface area contributed by atoms with Gasteiger partial charge in [-0.25, -0.2) is 0 Å². The molecule has 3 aromatic carbocycles. The van der Waals surface area contributed by atoms with Gasteiger partial charge < -0.3 is 25.2 Å². The molecule has 6 heteroatoms. The summed E-state index contributed by atoms with van der Waals surface area (Å²) in [4.78, 5) is 2.43. The van der Waals surface area contributed by atoms with Crippen LogP contribution in [-0.4, -0.2) is 50.5 Å². The van der Waals surface area contributed by atoms with Gasteiger partial charge in [-0.2, -0.15) is 0 Å². The minimum Gasteiger partial charge on any atom is -0.387 e. The van der Waals surface area contributed by atoms with Crippen molar-refractivity contribution in [1.82, 2.24) is 10.6 Å². The molecular weight excluding hydrogens is 474 g/mol. The van der Waals surface area contributed by atoms with E-state index < -0.39 is 12.3 Å². The first-order chi connectivity index (χ1) is 18.4. The number of epoxide rings is 1. The van der Waals surface area contributed by atoms with E-state index in [0.29, 0.717) is 12.6 Å². The topological polar surface area (TPSA) is 80.3 Å². The van der Waals surface area contributed by atoms with Crippen molar-refractivity contribution in [2.24, 2.45) is 0 Å². The Hall–Kier alpha value is -2.74. The van der Waals surface area contributed by atoms with Crippen LogP contribution in [-0.2, 0) is 4.74 Å². The number of piperidine rings is 1. The van der Waals surface area contributed by atoms with Crippen molar-refractivity contribution in [2.75, 3.05) is 45.2 Å². The number of rotatable bonds is 7. The number of nitrogens with one attached hydrogen (secondary N) is 2. The number of anilines is 1. The van der Waals surface area contributed by atoms with Crippen LogP contribution < -0.4 is 15.5 Å². The minimum absolute atomic E-state index is 0.403. The zero-order valence-electron chi connectivity index (χ0n) is 23.4. The number of aryl methyl sites for hydroxylation is 2. The summed E-state index contributed by atoms with van der Waals surface area (Å²) < 4.78 is 5.13. The fraction of sp³-hybridized carbons (Fsp3) is 0.438. The van der Waals surface area contributed by atoms with Crippen molar-refractivity contribution in [3.05, 3.63) is 101 Å². The van der Waals surface area contributed by atoms with Crippen LogP contribution in [0, 0.1) is 13.8 Å². The van der Waals surface area contributed by atoms with Crippen LogP contribution in [0.2, 0.25) is 0 Å². The molecule has 2 fully saturated rings. The Labute approximate surface area is 228 Å². The molecule has 0 bridgehead atoms. The predicted octanol–water partition coefficient (Wildman–Crippen LogP) is 5.20. The number of aliphatic hydroxyl groups excluding tert-OH is 2. The third-order valence-corrected chi connectivity index (χ3v) is 6.85. The first-order valence-corrected chi connectivity index (χ1v) is 13.7. The molecule has 0 amide bonds. The van der Waals surface area contributed by atoms with Gasteiger partial charge in [-0.3, -0.25) is 5.32 Å². The normalized spacial score (nSPS) is 17.8. The van der Waals surface area contributed by atoms with E-state index >= 15 is 0 Å². The Morgan fingerprint density at radius 3 is 1.82 bits per heavy atom. The second-order valence-electron chi connectivity index (χ2n) is 10.0. The highest BCUT2D eigenvalue weighted by atomic mass is 16.6. The summed E-state index contributed by atoms with van der Waals surface area (Å²) in [6, 6.07) is 24.6. The number of likely N-dealkylation sites (N-methyl/N-ethyl adjacent to an activating group) is 1. The number of ether oxygens (including phenoxy) is 1. The Morgan fingerprint density at radius 2 is 1.32 bits per heavy atom. The molecule has 0 saturated carbocycles. The number of hydrogen-bond acceptors (Lipinski definition) is 6. The van der Waals surface area contributed by atoms with Crippen LogP contribution in [0.1, 0.15) is 65.5 Å². The smallest absolute Gasteiger partial charge is 0.130 e. The SMILES string of the molecule is CNC(O)c1ccc(C)cc1.CNCC(O)c1ccc(N2CCCCC2)cc1.Cc1ccc(C2CO2)cc1. The maximum Gasteiger partial charge on any atom is 0.130 e. The highest BCUT2D eigenvalue weighted by molar-refractivity contribution is 5.48. The average molecular weight is 520 g/mol. The van der Waals surface area contributed by atoms with Crippen LogP contribution in [0.15, 0.2) is 72.8 Å². The largest absolute Gasteiger partial charge is 0.387 e. The number of benzene rings is 3. The summed E-state index contributed by atoms with van der Waals surface area (Å²) in [5, 5.41) is 24.9. The van der Waals surface area contributed by atoms with E-state index in [-0.39, 0.29) is 0 Å². The maximum absolute atomic E-state index is 9.85. The summed E-state index contributed by atoms with van der Waals surface area (Å²) in [6.07, 6.45) is 3.40. The fourth-order valence-electron chi connectivity index (χ4n) is 4.31. The van der Waals surface area contributed by atoms with Crippen molar-refractivity contribution >= 4 is 5.69 Å². The summed E-state index contributed by atoms with van der Waals surface area (Å²) >= 11 is 0. The summed E-state index contributed by atoms with van der Waals surface area (Å²) in [5.74, 6) is 0. The molecule has 6 nitrogen and oxygen atoms in total. The van der Waals surface area contributed by atoms with E-state index in [2.05, 4.69) is 58.9 Å². The molecule has 0 radical (unpaired) electrons. The molecule has 2 aliphatic rings. The van der Waals surface area contributed by atoms with Gasteiger partial charge in [-0.15, -0.1) is 0 Å². The molecule has 2 aliphatic heterocycles. The minimum atomic E-state index is -0.546. The number of hydrogen-bond donors (Lipinski definition) is 4. The van der Waals surface area contributed by atoms with Gasteiger partial charge in [0.15, 0.2) is 0 Å². The Balaban J connectivity index is 0.000000166. The van der Waals surface area contributed by atoms with Gasteiger partial charge in [0.2, 0.25) is 0 Å². The lowest BCUT2D eigenvalue weighted by Crippen LogP contribution is -2.29. The maximum atomic E-state index is 9.85. The van der Waals surface area contributed by atoms with E-state index in [1.54, 1.807) is 7.05 Å². The number of aliphatic hydroxyl groups is 2. The Bertz CT molecular complexity index is 1040. The molecule has 3 atom stereocenters. The van der Waals surface area contributed by atoms with Crippen molar-refractivity contribution in [3.8, 4) is 0 Å². The van der Waals surface area contributed by atoms with E-state index in [1.807, 2.05) is 50.4 Å². The molecule has 0 aliphatic carbocycles. The van der Waals surface area contributed by atoms with Gasteiger partial charge in [0.1, 0.15) is 12.3 Å². The molecule has 3 aromatic rings. The molecule has 38 heavy (non-hydrogen) atoms. The second-order valence-corrected chi connectivity index (χ2v) is 10.0. The van der Waals surface area contributed by atoms with E-state index in [0.717, 1.165) is 17.7 Å². The van der Waals surface area contributed by atoms with Crippen LogP contribution in [0.3, 0.4) is 0 Å². The molecule has 3 unspecified atom stereocenters. The summed E-state index contributed by atoms with van der Waals surface area (Å²) in [5.41, 5.74) is 7.00. The molecule has 206 valence electrons. The van der Waals surface area contributed by atoms with Gasteiger partial charge in [-0.1, -0.05) is 71.8 Å². The fourth-order valence-corrected chi connectivity index (χ4v) is 4.31. The summed E-state index contributed by atoms with van der Waals surface area (Å²) in [6.45, 7) is 7.95. The highest BCUT2D eigenvalue weighted by Crippen LogP contribution is 2.29. The molecule has 2 heterocycles. The van der Waals surface area contributed by atoms with Crippen LogP contribution in [0.5, 0.6) is 0 Å². The number of nitrogens with zero attached hydrogens (tertiary/aromatic N) is 1. The van der Waals surface area contributed by atoms with Gasteiger partial charge in [0.25, 0.3) is 0 Å². The molecular formula is C32H45N3O3. The summed E-state index contributed by atoms with van der Waals surface area (Å²) in [7, 11) is 3.58. The van der Waals surface area contributed by atoms with E-state index in [9.17, 15) is 10.2 Å². The molecule has 0 aromatic heterocycles.